The van der Waals surface area contributed by atoms with Crippen molar-refractivity contribution in [2.45, 2.75) is 39.0 Å². The van der Waals surface area contributed by atoms with Crippen LogP contribution in [0.5, 0.6) is 0 Å². The summed E-state index contributed by atoms with van der Waals surface area (Å²) in [6, 6.07) is -0.395. The molecule has 1 aliphatic rings. The van der Waals surface area contributed by atoms with E-state index in [-0.39, 0.29) is 12.2 Å². The fourth-order valence-electron chi connectivity index (χ4n) is 2.19. The standard InChI is InChI=1S/C11H20N4O3S/c1-8-6-15(7-9(2)18-8)19(16,17)14-10(3)11-12-4-5-13-11/h4-5,8-10,14H,6-7H2,1-3H3,(H,12,13). The Morgan fingerprint density at radius 2 is 2.11 bits per heavy atom. The summed E-state index contributed by atoms with van der Waals surface area (Å²) in [7, 11) is -3.53. The van der Waals surface area contributed by atoms with Crippen molar-refractivity contribution in [3.63, 3.8) is 0 Å². The van der Waals surface area contributed by atoms with Gasteiger partial charge in [-0.2, -0.15) is 17.4 Å². The molecule has 19 heavy (non-hydrogen) atoms. The summed E-state index contributed by atoms with van der Waals surface area (Å²) in [5, 5.41) is 0. The molecule has 3 atom stereocenters. The Balaban J connectivity index is 2.05. The first-order chi connectivity index (χ1) is 8.88. The van der Waals surface area contributed by atoms with Crippen LogP contribution in [0.15, 0.2) is 12.4 Å². The fourth-order valence-corrected chi connectivity index (χ4v) is 3.71. The molecule has 1 aliphatic heterocycles. The first-order valence-electron chi connectivity index (χ1n) is 6.30. The zero-order chi connectivity index (χ0) is 14.0. The summed E-state index contributed by atoms with van der Waals surface area (Å²) < 4.78 is 34.2. The molecule has 0 amide bonds. The van der Waals surface area contributed by atoms with Crippen molar-refractivity contribution in [2.75, 3.05) is 13.1 Å². The van der Waals surface area contributed by atoms with Gasteiger partial charge in [-0.05, 0) is 20.8 Å². The van der Waals surface area contributed by atoms with E-state index in [1.807, 2.05) is 13.8 Å². The highest BCUT2D eigenvalue weighted by molar-refractivity contribution is 7.87. The molecule has 8 heteroatoms. The lowest BCUT2D eigenvalue weighted by atomic mass is 10.3. The molecular weight excluding hydrogens is 268 g/mol. The van der Waals surface area contributed by atoms with E-state index >= 15 is 0 Å². The minimum absolute atomic E-state index is 0.0979. The van der Waals surface area contributed by atoms with Crippen LogP contribution in [0.4, 0.5) is 0 Å². The summed E-state index contributed by atoms with van der Waals surface area (Å²) in [6.45, 7) is 6.22. The fraction of sp³-hybridized carbons (Fsp3) is 0.727. The minimum Gasteiger partial charge on any atom is -0.373 e. The molecule has 3 unspecified atom stereocenters. The monoisotopic (exact) mass is 288 g/mol. The quantitative estimate of drug-likeness (QED) is 0.840. The third-order valence-corrected chi connectivity index (χ3v) is 4.61. The second-order valence-corrected chi connectivity index (χ2v) is 6.60. The number of H-pyrrole nitrogens is 1. The van der Waals surface area contributed by atoms with Gasteiger partial charge in [-0.1, -0.05) is 0 Å². The van der Waals surface area contributed by atoms with Crippen LogP contribution in [0.25, 0.3) is 0 Å². The van der Waals surface area contributed by atoms with Gasteiger partial charge in [0.1, 0.15) is 5.82 Å². The number of nitrogens with zero attached hydrogens (tertiary/aromatic N) is 2. The van der Waals surface area contributed by atoms with Crippen molar-refractivity contribution in [1.82, 2.24) is 19.0 Å². The molecule has 0 saturated carbocycles. The van der Waals surface area contributed by atoms with Gasteiger partial charge in [-0.3, -0.25) is 0 Å². The van der Waals surface area contributed by atoms with Crippen molar-refractivity contribution in [3.05, 3.63) is 18.2 Å². The van der Waals surface area contributed by atoms with Gasteiger partial charge in [0.05, 0.1) is 18.2 Å². The number of morpholine rings is 1. The predicted octanol–water partition coefficient (Wildman–Crippen LogP) is 0.414. The predicted molar refractivity (Wildman–Crippen MR) is 70.6 cm³/mol. The van der Waals surface area contributed by atoms with E-state index in [9.17, 15) is 8.42 Å². The van der Waals surface area contributed by atoms with Gasteiger partial charge in [0, 0.05) is 25.5 Å². The largest absolute Gasteiger partial charge is 0.373 e. The molecule has 0 bridgehead atoms. The summed E-state index contributed by atoms with van der Waals surface area (Å²) in [5.74, 6) is 0.595. The molecule has 1 saturated heterocycles. The Labute approximate surface area is 113 Å². The third kappa shape index (κ3) is 3.53. The Morgan fingerprint density at radius 3 is 2.63 bits per heavy atom. The zero-order valence-electron chi connectivity index (χ0n) is 11.3. The zero-order valence-corrected chi connectivity index (χ0v) is 12.1. The van der Waals surface area contributed by atoms with E-state index < -0.39 is 16.3 Å². The number of hydrogen-bond acceptors (Lipinski definition) is 4. The molecule has 7 nitrogen and oxygen atoms in total. The average molecular weight is 288 g/mol. The second kappa shape index (κ2) is 5.58. The van der Waals surface area contributed by atoms with Crippen LogP contribution in [0.3, 0.4) is 0 Å². The lowest BCUT2D eigenvalue weighted by molar-refractivity contribution is -0.0444. The van der Waals surface area contributed by atoms with Crippen LogP contribution in [0.2, 0.25) is 0 Å². The van der Waals surface area contributed by atoms with Crippen molar-refractivity contribution < 1.29 is 13.2 Å². The van der Waals surface area contributed by atoms with Gasteiger partial charge in [0.15, 0.2) is 0 Å². The number of ether oxygens (including phenoxy) is 1. The van der Waals surface area contributed by atoms with Crippen molar-refractivity contribution in [3.8, 4) is 0 Å². The van der Waals surface area contributed by atoms with Crippen LogP contribution >= 0.6 is 0 Å². The molecule has 0 aromatic carbocycles. The van der Waals surface area contributed by atoms with Crippen molar-refractivity contribution >= 4 is 10.2 Å². The van der Waals surface area contributed by atoms with E-state index in [1.165, 1.54) is 4.31 Å². The topological polar surface area (TPSA) is 87.3 Å². The average Bonchev–Trinajstić information content (AvgIpc) is 2.80. The molecule has 108 valence electrons. The van der Waals surface area contributed by atoms with Gasteiger partial charge < -0.3 is 9.72 Å². The lowest BCUT2D eigenvalue weighted by Crippen LogP contribution is -2.52. The number of imidazole rings is 1. The number of hydrogen-bond donors (Lipinski definition) is 2. The second-order valence-electron chi connectivity index (χ2n) is 4.89. The van der Waals surface area contributed by atoms with Gasteiger partial charge in [0.2, 0.25) is 0 Å². The van der Waals surface area contributed by atoms with Crippen LogP contribution in [-0.4, -0.2) is 48.0 Å². The summed E-state index contributed by atoms with van der Waals surface area (Å²) in [4.78, 5) is 6.95. The molecule has 0 spiro atoms. The Hall–Kier alpha value is -0.960. The van der Waals surface area contributed by atoms with Crippen molar-refractivity contribution in [2.24, 2.45) is 0 Å². The van der Waals surface area contributed by atoms with Crippen LogP contribution < -0.4 is 4.72 Å². The Morgan fingerprint density at radius 1 is 1.47 bits per heavy atom. The molecule has 2 N–H and O–H groups in total. The highest BCUT2D eigenvalue weighted by Gasteiger charge is 2.32. The maximum absolute atomic E-state index is 12.3. The van der Waals surface area contributed by atoms with E-state index in [0.29, 0.717) is 18.9 Å². The van der Waals surface area contributed by atoms with E-state index in [0.717, 1.165) is 0 Å². The maximum atomic E-state index is 12.3. The first-order valence-corrected chi connectivity index (χ1v) is 7.74. The molecular formula is C11H20N4O3S. The number of nitrogens with one attached hydrogen (secondary N) is 2. The molecule has 0 radical (unpaired) electrons. The van der Waals surface area contributed by atoms with Gasteiger partial charge in [-0.15, -0.1) is 0 Å². The normalized spacial score (nSPS) is 27.3. The Kier molecular flexibility index (Phi) is 4.24. The highest BCUT2D eigenvalue weighted by atomic mass is 32.2. The molecule has 1 aromatic rings. The SMILES string of the molecule is CC1CN(S(=O)(=O)NC(C)c2ncc[nH]2)CC(C)O1. The van der Waals surface area contributed by atoms with E-state index in [4.69, 9.17) is 4.74 Å². The Bertz CT molecular complexity index is 492. The van der Waals surface area contributed by atoms with E-state index in [2.05, 4.69) is 14.7 Å². The number of rotatable bonds is 4. The van der Waals surface area contributed by atoms with Crippen LogP contribution in [0.1, 0.15) is 32.6 Å². The number of aromatic amines is 1. The van der Waals surface area contributed by atoms with Crippen LogP contribution in [0, 0.1) is 0 Å². The van der Waals surface area contributed by atoms with Crippen molar-refractivity contribution in [1.29, 1.82) is 0 Å². The molecule has 1 aromatic heterocycles. The first kappa shape index (κ1) is 14.4. The maximum Gasteiger partial charge on any atom is 0.280 e. The number of aromatic nitrogens is 2. The van der Waals surface area contributed by atoms with Gasteiger partial charge >= 0.3 is 0 Å². The van der Waals surface area contributed by atoms with Crippen LogP contribution in [-0.2, 0) is 14.9 Å². The summed E-state index contributed by atoms with van der Waals surface area (Å²) in [6.07, 6.45) is 3.07. The molecule has 1 fully saturated rings. The summed E-state index contributed by atoms with van der Waals surface area (Å²) in [5.41, 5.74) is 0. The minimum atomic E-state index is -3.53. The highest BCUT2D eigenvalue weighted by Crippen LogP contribution is 2.16. The van der Waals surface area contributed by atoms with Gasteiger partial charge in [0.25, 0.3) is 10.2 Å². The van der Waals surface area contributed by atoms with E-state index in [1.54, 1.807) is 19.3 Å². The molecule has 2 heterocycles. The summed E-state index contributed by atoms with van der Waals surface area (Å²) >= 11 is 0. The lowest BCUT2D eigenvalue weighted by Gasteiger charge is -2.34. The smallest absolute Gasteiger partial charge is 0.280 e. The third-order valence-electron chi connectivity index (χ3n) is 2.98. The molecule has 0 aliphatic carbocycles. The molecule has 2 rings (SSSR count). The van der Waals surface area contributed by atoms with Gasteiger partial charge in [-0.25, -0.2) is 4.98 Å².